The first-order chi connectivity index (χ1) is 8.01. The number of anilines is 1. The Morgan fingerprint density at radius 1 is 1.35 bits per heavy atom. The zero-order valence-electron chi connectivity index (χ0n) is 9.01. The maximum Gasteiger partial charge on any atom is 0.335 e. The van der Waals surface area contributed by atoms with Crippen LogP contribution in [0.3, 0.4) is 0 Å². The van der Waals surface area contributed by atoms with Crippen molar-refractivity contribution >= 4 is 27.8 Å². The highest BCUT2D eigenvalue weighted by Crippen LogP contribution is 2.24. The average Bonchev–Trinajstić information content (AvgIpc) is 2.31. The summed E-state index contributed by atoms with van der Waals surface area (Å²) in [4.78, 5) is 21.0. The molecule has 1 aromatic heterocycles. The van der Waals surface area contributed by atoms with Gasteiger partial charge in [0.25, 0.3) is 0 Å². The van der Waals surface area contributed by atoms with Gasteiger partial charge in [-0.25, -0.2) is 14.8 Å². The number of hydrogen-bond donors (Lipinski definition) is 2. The van der Waals surface area contributed by atoms with Crippen LogP contribution in [-0.4, -0.2) is 44.8 Å². The third-order valence-corrected chi connectivity index (χ3v) is 3.29. The summed E-state index contributed by atoms with van der Waals surface area (Å²) in [5.41, 5.74) is -1.61. The quantitative estimate of drug-likeness (QED) is 0.834. The van der Waals surface area contributed by atoms with Crippen LogP contribution in [-0.2, 0) is 4.79 Å². The lowest BCUT2D eigenvalue weighted by atomic mass is 9.92. The molecule has 0 spiro atoms. The van der Waals surface area contributed by atoms with Crippen LogP contribution in [0.25, 0.3) is 0 Å². The van der Waals surface area contributed by atoms with E-state index in [9.17, 15) is 9.90 Å². The predicted octanol–water partition coefficient (Wildman–Crippen LogP) is 0.655. The predicted molar refractivity (Wildman–Crippen MR) is 63.8 cm³/mol. The SMILES string of the molecule is O=C(O)C1(O)CCN(c2ncc(Br)cn2)CC1. The maximum atomic E-state index is 10.9. The number of carboxylic acid groups (broad SMARTS) is 1. The molecule has 0 amide bonds. The zero-order chi connectivity index (χ0) is 12.5. The highest BCUT2D eigenvalue weighted by atomic mass is 79.9. The largest absolute Gasteiger partial charge is 0.479 e. The Kier molecular flexibility index (Phi) is 3.30. The molecule has 0 radical (unpaired) electrons. The lowest BCUT2D eigenvalue weighted by Gasteiger charge is -2.35. The fraction of sp³-hybridized carbons (Fsp3) is 0.500. The second-order valence-corrected chi connectivity index (χ2v) is 4.94. The van der Waals surface area contributed by atoms with Crippen LogP contribution in [0.4, 0.5) is 5.95 Å². The summed E-state index contributed by atoms with van der Waals surface area (Å²) >= 11 is 3.25. The fourth-order valence-electron chi connectivity index (χ4n) is 1.76. The van der Waals surface area contributed by atoms with Crippen LogP contribution in [0.5, 0.6) is 0 Å². The molecular weight excluding hydrogens is 290 g/mol. The highest BCUT2D eigenvalue weighted by Gasteiger charge is 2.39. The number of piperidine rings is 1. The molecule has 92 valence electrons. The molecule has 1 aliphatic rings. The Morgan fingerprint density at radius 2 is 1.88 bits per heavy atom. The third-order valence-electron chi connectivity index (χ3n) is 2.88. The second-order valence-electron chi connectivity index (χ2n) is 4.03. The van der Waals surface area contributed by atoms with E-state index in [4.69, 9.17) is 5.11 Å². The average molecular weight is 302 g/mol. The van der Waals surface area contributed by atoms with Crippen molar-refractivity contribution in [2.24, 2.45) is 0 Å². The maximum absolute atomic E-state index is 10.9. The van der Waals surface area contributed by atoms with Crippen molar-refractivity contribution in [3.8, 4) is 0 Å². The molecule has 0 aromatic carbocycles. The minimum Gasteiger partial charge on any atom is -0.479 e. The molecule has 1 aromatic rings. The molecule has 0 aliphatic carbocycles. The molecule has 1 aliphatic heterocycles. The Balaban J connectivity index is 2.04. The van der Waals surface area contributed by atoms with Crippen LogP contribution in [0.2, 0.25) is 0 Å². The van der Waals surface area contributed by atoms with Crippen LogP contribution in [0, 0.1) is 0 Å². The molecule has 0 saturated carbocycles. The first-order valence-electron chi connectivity index (χ1n) is 5.19. The van der Waals surface area contributed by atoms with Crippen molar-refractivity contribution in [3.05, 3.63) is 16.9 Å². The van der Waals surface area contributed by atoms with Crippen molar-refractivity contribution < 1.29 is 15.0 Å². The Bertz CT molecular complexity index is 415. The lowest BCUT2D eigenvalue weighted by Crippen LogP contribution is -2.49. The molecule has 6 nitrogen and oxygen atoms in total. The standard InChI is InChI=1S/C10H12BrN3O3/c11-7-5-12-9(13-6-7)14-3-1-10(17,2-4-14)8(15)16/h5-6,17H,1-4H2,(H,15,16). The Labute approximate surface area is 106 Å². The smallest absolute Gasteiger partial charge is 0.335 e. The molecule has 7 heteroatoms. The van der Waals surface area contributed by atoms with Crippen molar-refractivity contribution in [1.82, 2.24) is 9.97 Å². The second kappa shape index (κ2) is 4.58. The molecule has 2 rings (SSSR count). The number of rotatable bonds is 2. The van der Waals surface area contributed by atoms with E-state index in [0.717, 1.165) is 4.47 Å². The summed E-state index contributed by atoms with van der Waals surface area (Å²) in [6, 6.07) is 0. The van der Waals surface area contributed by atoms with E-state index in [1.165, 1.54) is 0 Å². The van der Waals surface area contributed by atoms with Gasteiger partial charge in [0.15, 0.2) is 5.60 Å². The van der Waals surface area contributed by atoms with Gasteiger partial charge in [-0.1, -0.05) is 0 Å². The van der Waals surface area contributed by atoms with E-state index < -0.39 is 11.6 Å². The van der Waals surface area contributed by atoms with Gasteiger partial charge in [-0.3, -0.25) is 0 Å². The van der Waals surface area contributed by atoms with Crippen molar-refractivity contribution in [3.63, 3.8) is 0 Å². The van der Waals surface area contributed by atoms with Gasteiger partial charge in [-0.2, -0.15) is 0 Å². The molecule has 1 saturated heterocycles. The normalized spacial score (nSPS) is 19.1. The number of nitrogens with zero attached hydrogens (tertiary/aromatic N) is 3. The Hall–Kier alpha value is -1.21. The number of aromatic nitrogens is 2. The van der Waals surface area contributed by atoms with Gasteiger partial charge >= 0.3 is 5.97 Å². The van der Waals surface area contributed by atoms with E-state index >= 15 is 0 Å². The van der Waals surface area contributed by atoms with E-state index in [1.54, 1.807) is 12.4 Å². The van der Waals surface area contributed by atoms with Gasteiger partial charge in [0.2, 0.25) is 5.95 Å². The van der Waals surface area contributed by atoms with Gasteiger partial charge in [-0.15, -0.1) is 0 Å². The summed E-state index contributed by atoms with van der Waals surface area (Å²) in [5, 5.41) is 18.7. The molecule has 17 heavy (non-hydrogen) atoms. The number of carbonyl (C=O) groups is 1. The van der Waals surface area contributed by atoms with Gasteiger partial charge < -0.3 is 15.1 Å². The van der Waals surface area contributed by atoms with Gasteiger partial charge in [0.05, 0.1) is 4.47 Å². The fourth-order valence-corrected chi connectivity index (χ4v) is 1.96. The van der Waals surface area contributed by atoms with Crippen LogP contribution >= 0.6 is 15.9 Å². The third kappa shape index (κ3) is 2.55. The van der Waals surface area contributed by atoms with E-state index in [-0.39, 0.29) is 12.8 Å². The van der Waals surface area contributed by atoms with Crippen molar-refractivity contribution in [2.75, 3.05) is 18.0 Å². The summed E-state index contributed by atoms with van der Waals surface area (Å²) < 4.78 is 0.792. The van der Waals surface area contributed by atoms with Crippen molar-refractivity contribution in [1.29, 1.82) is 0 Å². The molecule has 1 fully saturated rings. The molecule has 0 unspecified atom stereocenters. The summed E-state index contributed by atoms with van der Waals surface area (Å²) in [5.74, 6) is -0.602. The lowest BCUT2D eigenvalue weighted by molar-refractivity contribution is -0.160. The molecule has 2 heterocycles. The van der Waals surface area contributed by atoms with Gasteiger partial charge in [0.1, 0.15) is 0 Å². The first-order valence-corrected chi connectivity index (χ1v) is 5.99. The van der Waals surface area contributed by atoms with Crippen molar-refractivity contribution in [2.45, 2.75) is 18.4 Å². The minimum atomic E-state index is -1.61. The topological polar surface area (TPSA) is 86.5 Å². The zero-order valence-corrected chi connectivity index (χ0v) is 10.6. The van der Waals surface area contributed by atoms with Crippen LogP contribution in [0.15, 0.2) is 16.9 Å². The molecule has 0 bridgehead atoms. The summed E-state index contributed by atoms with van der Waals surface area (Å²) in [6.45, 7) is 0.870. The molecular formula is C10H12BrN3O3. The number of hydrogen-bond acceptors (Lipinski definition) is 5. The number of aliphatic hydroxyl groups is 1. The van der Waals surface area contributed by atoms with E-state index in [2.05, 4.69) is 25.9 Å². The van der Waals surface area contributed by atoms with Gasteiger partial charge in [-0.05, 0) is 15.9 Å². The number of halogens is 1. The van der Waals surface area contributed by atoms with E-state index in [0.29, 0.717) is 19.0 Å². The van der Waals surface area contributed by atoms with Crippen LogP contribution < -0.4 is 4.90 Å². The minimum absolute atomic E-state index is 0.182. The van der Waals surface area contributed by atoms with E-state index in [1.807, 2.05) is 4.90 Å². The molecule has 0 atom stereocenters. The van der Waals surface area contributed by atoms with Crippen LogP contribution in [0.1, 0.15) is 12.8 Å². The van der Waals surface area contributed by atoms with Gasteiger partial charge in [0, 0.05) is 38.3 Å². The first kappa shape index (κ1) is 12.3. The summed E-state index contributed by atoms with van der Waals surface area (Å²) in [7, 11) is 0. The monoisotopic (exact) mass is 301 g/mol. The number of carboxylic acids is 1. The highest BCUT2D eigenvalue weighted by molar-refractivity contribution is 9.10. The molecule has 2 N–H and O–H groups in total. The Morgan fingerprint density at radius 3 is 2.35 bits per heavy atom. The summed E-state index contributed by atoms with van der Waals surface area (Å²) in [6.07, 6.45) is 3.64. The number of aliphatic carboxylic acids is 1.